The van der Waals surface area contributed by atoms with Crippen molar-refractivity contribution in [1.29, 1.82) is 0 Å². The zero-order chi connectivity index (χ0) is 9.26. The van der Waals surface area contributed by atoms with Crippen molar-refractivity contribution in [3.63, 3.8) is 0 Å². The third-order valence-corrected chi connectivity index (χ3v) is 2.49. The molecule has 0 aliphatic carbocycles. The summed E-state index contributed by atoms with van der Waals surface area (Å²) in [5.74, 6) is 0.533. The lowest BCUT2D eigenvalue weighted by atomic mass is 10.4. The molecule has 0 aromatic carbocycles. The van der Waals surface area contributed by atoms with Crippen molar-refractivity contribution in [1.82, 2.24) is 15.2 Å². The highest BCUT2D eigenvalue weighted by Gasteiger charge is 2.02. The molecule has 0 aliphatic heterocycles. The van der Waals surface area contributed by atoms with Crippen LogP contribution in [0.1, 0.15) is 5.69 Å². The zero-order valence-corrected chi connectivity index (χ0v) is 7.76. The molecule has 0 saturated heterocycles. The number of thiophene rings is 1. The molecule has 2 aromatic heterocycles. The van der Waals surface area contributed by atoms with Crippen molar-refractivity contribution in [3.05, 3.63) is 33.6 Å². The van der Waals surface area contributed by atoms with E-state index in [9.17, 15) is 4.79 Å². The molecular formula is C8H7N3OS. The molecule has 0 fully saturated rings. The lowest BCUT2D eigenvalue weighted by molar-refractivity contribution is 0.911. The summed E-state index contributed by atoms with van der Waals surface area (Å²) < 4.78 is 0. The molecular weight excluding hydrogens is 186 g/mol. The molecule has 66 valence electrons. The van der Waals surface area contributed by atoms with Crippen LogP contribution in [0.2, 0.25) is 0 Å². The summed E-state index contributed by atoms with van der Waals surface area (Å²) in [6.07, 6.45) is 0. The van der Waals surface area contributed by atoms with Gasteiger partial charge in [0, 0.05) is 0 Å². The molecule has 0 radical (unpaired) electrons. The minimum Gasteiger partial charge on any atom is -0.303 e. The normalized spacial score (nSPS) is 10.2. The molecule has 2 heterocycles. The lowest BCUT2D eigenvalue weighted by Crippen LogP contribution is -2.13. The van der Waals surface area contributed by atoms with Crippen LogP contribution in [0.3, 0.4) is 0 Å². The minimum atomic E-state index is -0.182. The first-order valence-electron chi connectivity index (χ1n) is 3.75. The highest BCUT2D eigenvalue weighted by Crippen LogP contribution is 2.18. The predicted octanol–water partition coefficient (Wildman–Crippen LogP) is 1.20. The Morgan fingerprint density at radius 1 is 1.46 bits per heavy atom. The standard InChI is InChI=1S/C8H7N3OS/c1-5-8(12)9-7(11-10-5)6-3-2-4-13-6/h2-4H,1H3,(H,9,11,12). The lowest BCUT2D eigenvalue weighted by Gasteiger charge is -1.94. The molecule has 2 aromatic rings. The Morgan fingerprint density at radius 3 is 2.92 bits per heavy atom. The third kappa shape index (κ3) is 1.50. The number of hydrogen-bond donors (Lipinski definition) is 1. The van der Waals surface area contributed by atoms with Crippen LogP contribution in [-0.2, 0) is 0 Å². The molecule has 0 saturated carbocycles. The van der Waals surface area contributed by atoms with Crippen molar-refractivity contribution < 1.29 is 0 Å². The molecule has 2 rings (SSSR count). The first-order valence-corrected chi connectivity index (χ1v) is 4.63. The van der Waals surface area contributed by atoms with E-state index in [2.05, 4.69) is 15.2 Å². The van der Waals surface area contributed by atoms with E-state index >= 15 is 0 Å². The van der Waals surface area contributed by atoms with Crippen LogP contribution in [0.15, 0.2) is 22.3 Å². The van der Waals surface area contributed by atoms with Gasteiger partial charge in [-0.2, -0.15) is 0 Å². The Kier molecular flexibility index (Phi) is 1.94. The zero-order valence-electron chi connectivity index (χ0n) is 6.94. The fraction of sp³-hybridized carbons (Fsp3) is 0.125. The average molecular weight is 193 g/mol. The van der Waals surface area contributed by atoms with Crippen LogP contribution in [0, 0.1) is 6.92 Å². The van der Waals surface area contributed by atoms with Gasteiger partial charge in [0.25, 0.3) is 5.56 Å². The Labute approximate surface area is 78.3 Å². The van der Waals surface area contributed by atoms with E-state index in [0.717, 1.165) is 4.88 Å². The average Bonchev–Trinajstić information content (AvgIpc) is 2.62. The van der Waals surface area contributed by atoms with Crippen LogP contribution in [0.25, 0.3) is 10.7 Å². The first-order chi connectivity index (χ1) is 6.27. The van der Waals surface area contributed by atoms with Crippen LogP contribution < -0.4 is 5.56 Å². The molecule has 0 amide bonds. The number of nitrogens with zero attached hydrogens (tertiary/aromatic N) is 2. The minimum absolute atomic E-state index is 0.182. The van der Waals surface area contributed by atoms with Gasteiger partial charge in [0.05, 0.1) is 4.88 Å². The fourth-order valence-electron chi connectivity index (χ4n) is 0.918. The Morgan fingerprint density at radius 2 is 2.31 bits per heavy atom. The van der Waals surface area contributed by atoms with Gasteiger partial charge in [-0.1, -0.05) is 6.07 Å². The van der Waals surface area contributed by atoms with Crippen molar-refractivity contribution >= 4 is 11.3 Å². The molecule has 13 heavy (non-hydrogen) atoms. The van der Waals surface area contributed by atoms with E-state index in [1.165, 1.54) is 11.3 Å². The second kappa shape index (κ2) is 3.10. The van der Waals surface area contributed by atoms with Crippen molar-refractivity contribution in [2.75, 3.05) is 0 Å². The van der Waals surface area contributed by atoms with Gasteiger partial charge in [-0.25, -0.2) is 0 Å². The topological polar surface area (TPSA) is 58.6 Å². The van der Waals surface area contributed by atoms with Crippen molar-refractivity contribution in [2.45, 2.75) is 6.92 Å². The van der Waals surface area contributed by atoms with Crippen LogP contribution >= 0.6 is 11.3 Å². The van der Waals surface area contributed by atoms with E-state index in [1.807, 2.05) is 17.5 Å². The predicted molar refractivity (Wildman–Crippen MR) is 50.7 cm³/mol. The van der Waals surface area contributed by atoms with Crippen LogP contribution in [0.5, 0.6) is 0 Å². The van der Waals surface area contributed by atoms with E-state index < -0.39 is 0 Å². The second-order valence-electron chi connectivity index (χ2n) is 2.57. The summed E-state index contributed by atoms with van der Waals surface area (Å²) in [5, 5.41) is 9.56. The van der Waals surface area contributed by atoms with Gasteiger partial charge >= 0.3 is 0 Å². The van der Waals surface area contributed by atoms with Gasteiger partial charge in [-0.05, 0) is 18.4 Å². The maximum absolute atomic E-state index is 11.2. The maximum atomic E-state index is 11.2. The molecule has 0 aliphatic rings. The van der Waals surface area contributed by atoms with E-state index in [1.54, 1.807) is 6.92 Å². The summed E-state index contributed by atoms with van der Waals surface area (Å²) in [6.45, 7) is 1.63. The van der Waals surface area contributed by atoms with E-state index in [4.69, 9.17) is 0 Å². The Balaban J connectivity index is 2.55. The SMILES string of the molecule is Cc1nnc(-c2cccs2)[nH]c1=O. The smallest absolute Gasteiger partial charge is 0.272 e. The summed E-state index contributed by atoms with van der Waals surface area (Å²) >= 11 is 1.52. The van der Waals surface area contributed by atoms with E-state index in [0.29, 0.717) is 11.5 Å². The van der Waals surface area contributed by atoms with E-state index in [-0.39, 0.29) is 5.56 Å². The summed E-state index contributed by atoms with van der Waals surface area (Å²) in [5.41, 5.74) is 0.207. The Bertz CT molecular complexity index is 460. The molecule has 0 spiro atoms. The third-order valence-electron chi connectivity index (χ3n) is 1.62. The second-order valence-corrected chi connectivity index (χ2v) is 3.51. The fourth-order valence-corrected chi connectivity index (χ4v) is 1.58. The summed E-state index contributed by atoms with van der Waals surface area (Å²) in [7, 11) is 0. The van der Waals surface area contributed by atoms with Gasteiger partial charge in [0.15, 0.2) is 5.82 Å². The number of aromatic nitrogens is 3. The number of aryl methyl sites for hydroxylation is 1. The van der Waals surface area contributed by atoms with Gasteiger partial charge in [0.2, 0.25) is 0 Å². The van der Waals surface area contributed by atoms with Gasteiger partial charge < -0.3 is 4.98 Å². The highest BCUT2D eigenvalue weighted by atomic mass is 32.1. The molecule has 0 atom stereocenters. The number of nitrogens with one attached hydrogen (secondary N) is 1. The summed E-state index contributed by atoms with van der Waals surface area (Å²) in [4.78, 5) is 14.8. The maximum Gasteiger partial charge on any atom is 0.272 e. The molecule has 0 bridgehead atoms. The number of H-pyrrole nitrogens is 1. The first kappa shape index (κ1) is 8.12. The molecule has 4 nitrogen and oxygen atoms in total. The molecule has 1 N–H and O–H groups in total. The largest absolute Gasteiger partial charge is 0.303 e. The number of hydrogen-bond acceptors (Lipinski definition) is 4. The van der Waals surface area contributed by atoms with Crippen molar-refractivity contribution in [2.24, 2.45) is 0 Å². The Hall–Kier alpha value is -1.49. The van der Waals surface area contributed by atoms with Gasteiger partial charge in [-0.3, -0.25) is 4.79 Å². The van der Waals surface area contributed by atoms with Crippen LogP contribution in [0.4, 0.5) is 0 Å². The quantitative estimate of drug-likeness (QED) is 0.740. The molecule has 0 unspecified atom stereocenters. The van der Waals surface area contributed by atoms with Gasteiger partial charge in [-0.15, -0.1) is 21.5 Å². The number of rotatable bonds is 1. The van der Waals surface area contributed by atoms with Gasteiger partial charge in [0.1, 0.15) is 5.69 Å². The van der Waals surface area contributed by atoms with Crippen molar-refractivity contribution in [3.8, 4) is 10.7 Å². The van der Waals surface area contributed by atoms with Crippen LogP contribution in [-0.4, -0.2) is 15.2 Å². The summed E-state index contributed by atoms with van der Waals surface area (Å²) in [6, 6.07) is 3.79. The highest BCUT2D eigenvalue weighted by molar-refractivity contribution is 7.13. The number of aromatic amines is 1. The molecule has 5 heteroatoms. The monoisotopic (exact) mass is 193 g/mol.